The summed E-state index contributed by atoms with van der Waals surface area (Å²) in [6, 6.07) is 11.1. The van der Waals surface area contributed by atoms with E-state index in [0.29, 0.717) is 5.56 Å². The molecule has 0 heterocycles. The molecule has 0 saturated carbocycles. The van der Waals surface area contributed by atoms with Gasteiger partial charge in [-0.1, -0.05) is 24.3 Å². The molecule has 0 bridgehead atoms. The summed E-state index contributed by atoms with van der Waals surface area (Å²) in [5.74, 6) is 0.267. The number of hydrogen-bond acceptors (Lipinski definition) is 3. The van der Waals surface area contributed by atoms with Gasteiger partial charge in [0.2, 0.25) is 0 Å². The predicted molar refractivity (Wildman–Crippen MR) is 72.6 cm³/mol. The van der Waals surface area contributed by atoms with E-state index in [-0.39, 0.29) is 46.8 Å². The van der Waals surface area contributed by atoms with E-state index in [1.165, 1.54) is 6.07 Å². The van der Waals surface area contributed by atoms with Crippen LogP contribution in [0.4, 0.5) is 0 Å². The molecule has 0 atom stereocenters. The Morgan fingerprint density at radius 1 is 0.611 bits per heavy atom. The normalized spacial score (nSPS) is 10.2. The molecule has 3 nitrogen and oxygen atoms in total. The Labute approximate surface area is 127 Å². The zero-order valence-electron chi connectivity index (χ0n) is 10.0. The van der Waals surface area contributed by atoms with Gasteiger partial charge in [-0.05, 0) is 35.4 Å². The van der Waals surface area contributed by atoms with Crippen LogP contribution in [-0.2, 0) is 0 Å². The molecule has 0 aliphatic rings. The minimum Gasteiger partial charge on any atom is -0.508 e. The van der Waals surface area contributed by atoms with Gasteiger partial charge in [-0.25, -0.2) is 0 Å². The number of benzene rings is 2. The molecule has 2 rings (SSSR count). The molecule has 0 aromatic heterocycles. The predicted octanol–water partition coefficient (Wildman–Crippen LogP) is 2.59. The maximum Gasteiger partial charge on any atom is 0.119 e. The van der Waals surface area contributed by atoms with Gasteiger partial charge in [-0.3, -0.25) is 0 Å². The van der Waals surface area contributed by atoms with E-state index in [0.717, 1.165) is 5.56 Å². The van der Waals surface area contributed by atoms with Crippen molar-refractivity contribution in [2.24, 2.45) is 0 Å². The van der Waals surface area contributed by atoms with Crippen LogP contribution < -0.4 is 0 Å². The van der Waals surface area contributed by atoms with Gasteiger partial charge in [0.25, 0.3) is 0 Å². The molecule has 0 aliphatic heterocycles. The molecule has 0 saturated heterocycles. The molecule has 87 valence electrons. The first-order valence-electron chi connectivity index (χ1n) is 5.13. The van der Waals surface area contributed by atoms with E-state index in [1.807, 2.05) is 6.08 Å². The van der Waals surface area contributed by atoms with E-state index in [2.05, 4.69) is 0 Å². The molecule has 0 fully saturated rings. The third-order valence-corrected chi connectivity index (χ3v) is 2.29. The number of phenols is 3. The molecule has 4 heteroatoms. The summed E-state index contributed by atoms with van der Waals surface area (Å²) < 4.78 is 0. The monoisotopic (exact) mass is 251 g/mol. The molecule has 3 N–H and O–H groups in total. The fourth-order valence-corrected chi connectivity index (χ4v) is 1.49. The minimum absolute atomic E-state index is 0. The van der Waals surface area contributed by atoms with Crippen LogP contribution in [0.15, 0.2) is 42.5 Å². The van der Waals surface area contributed by atoms with Crippen molar-refractivity contribution >= 4 is 41.7 Å². The van der Waals surface area contributed by atoms with Gasteiger partial charge in [0.15, 0.2) is 0 Å². The maximum absolute atomic E-state index is 9.30. The van der Waals surface area contributed by atoms with Gasteiger partial charge in [0.05, 0.1) is 0 Å². The summed E-state index contributed by atoms with van der Waals surface area (Å²) in [6.45, 7) is 0. The summed E-state index contributed by atoms with van der Waals surface area (Å²) in [5, 5.41) is 27.7. The van der Waals surface area contributed by atoms with E-state index in [1.54, 1.807) is 42.5 Å². The van der Waals surface area contributed by atoms with Crippen LogP contribution in [0.3, 0.4) is 0 Å². The summed E-state index contributed by atoms with van der Waals surface area (Å²) in [7, 11) is 0. The average molecular weight is 251 g/mol. The molecule has 1 radical (unpaired) electrons. The molecule has 0 spiro atoms. The van der Waals surface area contributed by atoms with Crippen molar-refractivity contribution in [1.82, 2.24) is 0 Å². The van der Waals surface area contributed by atoms with Crippen LogP contribution >= 0.6 is 0 Å². The third kappa shape index (κ3) is 4.11. The Hall–Kier alpha value is -1.42. The fraction of sp³-hybridized carbons (Fsp3) is 0. The van der Waals surface area contributed by atoms with Gasteiger partial charge in [0.1, 0.15) is 17.2 Å². The Kier molecular flexibility index (Phi) is 5.28. The summed E-state index contributed by atoms with van der Waals surface area (Å²) in [6.07, 6.45) is 3.60. The molecular weight excluding hydrogens is 239 g/mol. The second kappa shape index (κ2) is 6.50. The van der Waals surface area contributed by atoms with Crippen LogP contribution in [-0.4, -0.2) is 44.9 Å². The van der Waals surface area contributed by atoms with Crippen molar-refractivity contribution in [1.29, 1.82) is 0 Å². The number of hydrogen-bond donors (Lipinski definition) is 3. The SMILES string of the molecule is Oc1ccc(C=Cc2cc(O)cc(O)c2)cc1.[Na]. The van der Waals surface area contributed by atoms with Crippen molar-refractivity contribution in [3.8, 4) is 17.2 Å². The largest absolute Gasteiger partial charge is 0.508 e. The Balaban J connectivity index is 0.00000162. The summed E-state index contributed by atoms with van der Waals surface area (Å²) in [5.41, 5.74) is 1.63. The first kappa shape index (κ1) is 14.6. The van der Waals surface area contributed by atoms with E-state index in [4.69, 9.17) is 5.11 Å². The van der Waals surface area contributed by atoms with Gasteiger partial charge in [-0.15, -0.1) is 0 Å². The number of phenolic OH excluding ortho intramolecular Hbond substituents is 3. The first-order chi connectivity index (χ1) is 8.13. The van der Waals surface area contributed by atoms with Crippen LogP contribution in [0.25, 0.3) is 12.2 Å². The standard InChI is InChI=1S/C14H12O3.Na/c15-12-5-3-10(4-6-12)1-2-11-7-13(16)9-14(17)8-11;/h1-9,15-17H;. The molecule has 2 aromatic carbocycles. The van der Waals surface area contributed by atoms with Crippen LogP contribution in [0, 0.1) is 0 Å². The number of rotatable bonds is 2. The zero-order chi connectivity index (χ0) is 12.3. The smallest absolute Gasteiger partial charge is 0.119 e. The van der Waals surface area contributed by atoms with Crippen molar-refractivity contribution in [2.45, 2.75) is 0 Å². The Morgan fingerprint density at radius 3 is 1.67 bits per heavy atom. The average Bonchev–Trinajstić information content (AvgIpc) is 2.27. The van der Waals surface area contributed by atoms with Crippen LogP contribution in [0.2, 0.25) is 0 Å². The van der Waals surface area contributed by atoms with Gasteiger partial charge < -0.3 is 15.3 Å². The summed E-state index contributed by atoms with van der Waals surface area (Å²) in [4.78, 5) is 0. The number of aromatic hydroxyl groups is 3. The second-order valence-electron chi connectivity index (χ2n) is 3.71. The van der Waals surface area contributed by atoms with Crippen molar-refractivity contribution in [3.63, 3.8) is 0 Å². The Bertz CT molecular complexity index is 527. The van der Waals surface area contributed by atoms with Crippen molar-refractivity contribution in [2.75, 3.05) is 0 Å². The second-order valence-corrected chi connectivity index (χ2v) is 3.71. The van der Waals surface area contributed by atoms with E-state index >= 15 is 0 Å². The molecule has 0 aliphatic carbocycles. The van der Waals surface area contributed by atoms with Gasteiger partial charge in [-0.2, -0.15) is 0 Å². The minimum atomic E-state index is 0. The molecule has 0 amide bonds. The first-order valence-corrected chi connectivity index (χ1v) is 5.13. The molecule has 18 heavy (non-hydrogen) atoms. The fourth-order valence-electron chi connectivity index (χ4n) is 1.49. The van der Waals surface area contributed by atoms with Crippen molar-refractivity contribution in [3.05, 3.63) is 53.6 Å². The van der Waals surface area contributed by atoms with E-state index < -0.39 is 0 Å². The third-order valence-electron chi connectivity index (χ3n) is 2.29. The van der Waals surface area contributed by atoms with Gasteiger partial charge >= 0.3 is 0 Å². The molecule has 2 aromatic rings. The quantitative estimate of drug-likeness (QED) is 0.568. The van der Waals surface area contributed by atoms with Crippen LogP contribution in [0.1, 0.15) is 11.1 Å². The van der Waals surface area contributed by atoms with E-state index in [9.17, 15) is 10.2 Å². The van der Waals surface area contributed by atoms with Gasteiger partial charge in [0, 0.05) is 35.6 Å². The Morgan fingerprint density at radius 2 is 1.11 bits per heavy atom. The molecule has 0 unspecified atom stereocenters. The summed E-state index contributed by atoms with van der Waals surface area (Å²) >= 11 is 0. The maximum atomic E-state index is 9.30. The van der Waals surface area contributed by atoms with Crippen LogP contribution in [0.5, 0.6) is 17.2 Å². The van der Waals surface area contributed by atoms with Crippen molar-refractivity contribution < 1.29 is 15.3 Å². The molecular formula is C14H12NaO3. The topological polar surface area (TPSA) is 60.7 Å². The zero-order valence-corrected chi connectivity index (χ0v) is 12.0.